The van der Waals surface area contributed by atoms with Crippen molar-refractivity contribution in [2.24, 2.45) is 0 Å². The van der Waals surface area contributed by atoms with Crippen molar-refractivity contribution in [2.45, 2.75) is 211 Å². The van der Waals surface area contributed by atoms with Gasteiger partial charge in [0, 0.05) is 13.0 Å². The molecule has 0 aromatic heterocycles. The number of hydrogen-bond donors (Lipinski definition) is 3. The van der Waals surface area contributed by atoms with Crippen molar-refractivity contribution in [2.75, 3.05) is 19.4 Å². The summed E-state index contributed by atoms with van der Waals surface area (Å²) in [4.78, 5) is 14.9. The Kier molecular flexibility index (Phi) is 26.3. The molecule has 0 bridgehead atoms. The summed E-state index contributed by atoms with van der Waals surface area (Å²) in [5.41, 5.74) is 0. The van der Waals surface area contributed by atoms with E-state index in [1.165, 1.54) is 114 Å². The lowest BCUT2D eigenvalue weighted by molar-refractivity contribution is -0.261. The minimum absolute atomic E-state index is 0.163. The van der Waals surface area contributed by atoms with Crippen molar-refractivity contribution in [3.63, 3.8) is 0 Å². The van der Waals surface area contributed by atoms with E-state index in [1.807, 2.05) is 0 Å². The van der Waals surface area contributed by atoms with Crippen LogP contribution in [0.25, 0.3) is 0 Å². The lowest BCUT2D eigenvalue weighted by Gasteiger charge is -2.45. The number of rotatable bonds is 31. The van der Waals surface area contributed by atoms with Crippen LogP contribution in [0, 0.1) is 0 Å². The number of amides is 1. The second kappa shape index (κ2) is 28.0. The largest absolute Gasteiger partial charge is 0.387 e. The first kappa shape index (κ1) is 44.2. The van der Waals surface area contributed by atoms with E-state index in [9.17, 15) is 28.5 Å². The van der Waals surface area contributed by atoms with Gasteiger partial charge in [-0.2, -0.15) is 8.42 Å². The maximum atomic E-state index is 13.5. The average molecular weight is 692 g/mol. The van der Waals surface area contributed by atoms with Gasteiger partial charge in [-0.3, -0.25) is 8.98 Å². The highest BCUT2D eigenvalue weighted by molar-refractivity contribution is 7.85. The summed E-state index contributed by atoms with van der Waals surface area (Å²) in [5, 5.41) is 31.9. The predicted molar refractivity (Wildman–Crippen MR) is 191 cm³/mol. The van der Waals surface area contributed by atoms with Crippen LogP contribution in [0.3, 0.4) is 0 Å². The highest BCUT2D eigenvalue weighted by Crippen LogP contribution is 2.26. The number of nitrogens with zero attached hydrogens (tertiary/aromatic N) is 1. The fourth-order valence-corrected chi connectivity index (χ4v) is 6.85. The van der Waals surface area contributed by atoms with E-state index in [0.29, 0.717) is 13.0 Å². The molecule has 1 aliphatic rings. The van der Waals surface area contributed by atoms with E-state index < -0.39 is 47.4 Å². The molecule has 5 atom stereocenters. The standard InChI is InChI=1S/C37H73NO8S/c1-4-6-8-10-12-14-15-16-17-18-19-20-22-24-26-28-30-38(33(39)29-27-25-23-21-13-11-9-7-5-2)37-36(42)35(41)34(40)32(46-37)31-45-47(3,43)44/h32,34-37,40-42H,4-31H2,1-3H3/t32-,34-,35+,36-,37-/m1/s1. The lowest BCUT2D eigenvalue weighted by Crippen LogP contribution is -2.64. The minimum Gasteiger partial charge on any atom is -0.387 e. The summed E-state index contributed by atoms with van der Waals surface area (Å²) < 4.78 is 33.8. The third kappa shape index (κ3) is 21.8. The Morgan fingerprint density at radius 3 is 1.38 bits per heavy atom. The van der Waals surface area contributed by atoms with E-state index in [0.717, 1.165) is 57.6 Å². The Morgan fingerprint density at radius 1 is 0.596 bits per heavy atom. The van der Waals surface area contributed by atoms with Gasteiger partial charge in [0.1, 0.15) is 24.4 Å². The van der Waals surface area contributed by atoms with Crippen molar-refractivity contribution in [3.05, 3.63) is 0 Å². The first-order valence-electron chi connectivity index (χ1n) is 19.5. The van der Waals surface area contributed by atoms with Gasteiger partial charge in [0.15, 0.2) is 6.23 Å². The molecule has 1 heterocycles. The van der Waals surface area contributed by atoms with Crippen molar-refractivity contribution in [1.29, 1.82) is 0 Å². The van der Waals surface area contributed by atoms with Crippen LogP contribution in [0.15, 0.2) is 0 Å². The molecule has 0 aromatic rings. The maximum absolute atomic E-state index is 13.5. The van der Waals surface area contributed by atoms with E-state index >= 15 is 0 Å². The number of unbranched alkanes of at least 4 members (excludes halogenated alkanes) is 23. The zero-order valence-corrected chi connectivity index (χ0v) is 31.2. The van der Waals surface area contributed by atoms with Crippen molar-refractivity contribution >= 4 is 16.0 Å². The normalized spacial score (nSPS) is 21.7. The molecule has 0 radical (unpaired) electrons. The van der Waals surface area contributed by atoms with Gasteiger partial charge in [-0.15, -0.1) is 0 Å². The fraction of sp³-hybridized carbons (Fsp3) is 0.973. The van der Waals surface area contributed by atoms with Crippen LogP contribution in [0.2, 0.25) is 0 Å². The molecule has 3 N–H and O–H groups in total. The van der Waals surface area contributed by atoms with Gasteiger partial charge in [-0.25, -0.2) is 0 Å². The number of aliphatic hydroxyl groups excluding tert-OH is 3. The Balaban J connectivity index is 2.50. The number of ether oxygens (including phenoxy) is 1. The number of carbonyl (C=O) groups excluding carboxylic acids is 1. The minimum atomic E-state index is -3.81. The molecule has 1 amide bonds. The summed E-state index contributed by atoms with van der Waals surface area (Å²) >= 11 is 0. The highest BCUT2D eigenvalue weighted by Gasteiger charge is 2.47. The molecule has 0 unspecified atom stereocenters. The van der Waals surface area contributed by atoms with Crippen molar-refractivity contribution in [1.82, 2.24) is 4.90 Å². The first-order valence-corrected chi connectivity index (χ1v) is 21.3. The van der Waals surface area contributed by atoms with Gasteiger partial charge >= 0.3 is 0 Å². The molecule has 10 heteroatoms. The summed E-state index contributed by atoms with van der Waals surface area (Å²) in [5.74, 6) is -0.163. The van der Waals surface area contributed by atoms with Crippen LogP contribution in [0.1, 0.15) is 181 Å². The second-order valence-corrected chi connectivity index (χ2v) is 15.6. The maximum Gasteiger partial charge on any atom is 0.264 e. The van der Waals surface area contributed by atoms with Gasteiger partial charge in [0.05, 0.1) is 12.9 Å². The van der Waals surface area contributed by atoms with Crippen LogP contribution >= 0.6 is 0 Å². The fourth-order valence-electron chi connectivity index (χ4n) is 6.47. The smallest absolute Gasteiger partial charge is 0.264 e. The Morgan fingerprint density at radius 2 is 0.979 bits per heavy atom. The molecule has 0 spiro atoms. The van der Waals surface area contributed by atoms with Gasteiger partial charge in [-0.1, -0.05) is 162 Å². The van der Waals surface area contributed by atoms with E-state index in [1.54, 1.807) is 0 Å². The molecule has 1 rings (SSSR count). The molecular weight excluding hydrogens is 618 g/mol. The van der Waals surface area contributed by atoms with Gasteiger partial charge in [-0.05, 0) is 12.8 Å². The molecule has 1 fully saturated rings. The molecule has 9 nitrogen and oxygen atoms in total. The Bertz CT molecular complexity index is 857. The predicted octanol–water partition coefficient (Wildman–Crippen LogP) is 7.78. The van der Waals surface area contributed by atoms with Crippen molar-refractivity contribution in [3.8, 4) is 0 Å². The highest BCUT2D eigenvalue weighted by atomic mass is 32.2. The molecule has 1 saturated heterocycles. The molecule has 280 valence electrons. The quantitative estimate of drug-likeness (QED) is 0.0496. The summed E-state index contributed by atoms with van der Waals surface area (Å²) in [6.45, 7) is 4.32. The summed E-state index contributed by atoms with van der Waals surface area (Å²) in [6.07, 6.45) is 24.3. The zero-order valence-electron chi connectivity index (χ0n) is 30.4. The molecule has 0 aromatic carbocycles. The van der Waals surface area contributed by atoms with Crippen LogP contribution in [-0.4, -0.2) is 84.6 Å². The topological polar surface area (TPSA) is 134 Å². The number of aliphatic hydroxyl groups is 3. The summed E-state index contributed by atoms with van der Waals surface area (Å²) in [6, 6.07) is 0. The Hall–Kier alpha value is -0.780. The number of hydrogen-bond acceptors (Lipinski definition) is 8. The Labute approximate surface area is 288 Å². The summed E-state index contributed by atoms with van der Waals surface area (Å²) in [7, 11) is -3.81. The van der Waals surface area contributed by atoms with Crippen LogP contribution in [0.5, 0.6) is 0 Å². The van der Waals surface area contributed by atoms with Gasteiger partial charge in [0.2, 0.25) is 5.91 Å². The third-order valence-electron chi connectivity index (χ3n) is 9.51. The molecular formula is C37H73NO8S. The number of carbonyl (C=O) groups is 1. The van der Waals surface area contributed by atoms with Crippen LogP contribution in [-0.2, 0) is 23.8 Å². The van der Waals surface area contributed by atoms with E-state index in [-0.39, 0.29) is 5.91 Å². The van der Waals surface area contributed by atoms with Gasteiger partial charge < -0.3 is 25.0 Å². The molecule has 47 heavy (non-hydrogen) atoms. The first-order chi connectivity index (χ1) is 22.6. The molecule has 0 saturated carbocycles. The average Bonchev–Trinajstić information content (AvgIpc) is 3.04. The zero-order chi connectivity index (χ0) is 34.8. The van der Waals surface area contributed by atoms with E-state index in [4.69, 9.17) is 8.92 Å². The van der Waals surface area contributed by atoms with E-state index in [2.05, 4.69) is 13.8 Å². The van der Waals surface area contributed by atoms with Crippen LogP contribution < -0.4 is 0 Å². The third-order valence-corrected chi connectivity index (χ3v) is 10.1. The molecule has 1 aliphatic heterocycles. The molecule has 0 aliphatic carbocycles. The second-order valence-electron chi connectivity index (χ2n) is 14.0. The van der Waals surface area contributed by atoms with Gasteiger partial charge in [0.25, 0.3) is 10.1 Å². The van der Waals surface area contributed by atoms with Crippen LogP contribution in [0.4, 0.5) is 0 Å². The monoisotopic (exact) mass is 692 g/mol. The lowest BCUT2D eigenvalue weighted by atomic mass is 9.97. The SMILES string of the molecule is CCCCCCCCCCCCCCCCCCN(C(=O)CCCCCCCCCCC)[C@@H]1O[C@H](COS(C)(=O)=O)[C@@H](O)[C@H](O)[C@H]1O. The van der Waals surface area contributed by atoms with Crippen molar-refractivity contribution < 1.29 is 37.5 Å².